The lowest BCUT2D eigenvalue weighted by Gasteiger charge is -2.42. The molecule has 2 N–H and O–H groups in total. The van der Waals surface area contributed by atoms with Crippen LogP contribution in [0, 0.1) is 19.3 Å². The summed E-state index contributed by atoms with van der Waals surface area (Å²) in [6.07, 6.45) is 1.78. The first-order valence-corrected chi connectivity index (χ1v) is 12.7. The molecule has 3 aromatic rings. The van der Waals surface area contributed by atoms with E-state index in [0.29, 0.717) is 51.7 Å². The standard InChI is InChI=1S/C30H26Cl2N2O2/c1-17-6-9-20(10-7-17)29(36)28-26(19-11-13-21(31)14-12-19)27-24(4-3-5-25(27)35)34(30(28)33)22-15-8-18(2)23(32)16-22/h6-16,26,33,36H,3-5H2,1-2H3/b29-28+,33-30?. The van der Waals surface area contributed by atoms with E-state index in [4.69, 9.17) is 23.2 Å². The van der Waals surface area contributed by atoms with Gasteiger partial charge in [0, 0.05) is 50.5 Å². The van der Waals surface area contributed by atoms with Crippen LogP contribution < -0.4 is 4.90 Å². The average molecular weight is 517 g/mol. The van der Waals surface area contributed by atoms with Gasteiger partial charge >= 0.3 is 0 Å². The Labute approximate surface area is 221 Å². The highest BCUT2D eigenvalue weighted by atomic mass is 35.5. The van der Waals surface area contributed by atoms with Crippen LogP contribution in [0.1, 0.15) is 47.4 Å². The Morgan fingerprint density at radius 3 is 2.33 bits per heavy atom. The van der Waals surface area contributed by atoms with Crippen LogP contribution in [0.3, 0.4) is 0 Å². The van der Waals surface area contributed by atoms with Crippen LogP contribution in [0.15, 0.2) is 83.6 Å². The minimum atomic E-state index is -0.587. The first-order chi connectivity index (χ1) is 17.3. The van der Waals surface area contributed by atoms with Crippen molar-refractivity contribution in [3.63, 3.8) is 0 Å². The molecule has 5 rings (SSSR count). The normalized spacial score (nSPS) is 19.4. The van der Waals surface area contributed by atoms with E-state index in [1.54, 1.807) is 17.0 Å². The number of ketones is 1. The topological polar surface area (TPSA) is 64.4 Å². The molecule has 0 saturated heterocycles. The summed E-state index contributed by atoms with van der Waals surface area (Å²) in [6, 6.07) is 20.4. The van der Waals surface area contributed by atoms with E-state index in [1.165, 1.54) is 0 Å². The third-order valence-electron chi connectivity index (χ3n) is 6.95. The summed E-state index contributed by atoms with van der Waals surface area (Å²) in [4.78, 5) is 15.3. The van der Waals surface area contributed by atoms with E-state index in [9.17, 15) is 15.3 Å². The third kappa shape index (κ3) is 4.25. The maximum Gasteiger partial charge on any atom is 0.161 e. The van der Waals surface area contributed by atoms with Crippen LogP contribution in [0.2, 0.25) is 10.0 Å². The number of rotatable bonds is 3. The number of nitrogens with one attached hydrogen (secondary N) is 1. The van der Waals surface area contributed by atoms with Crippen LogP contribution in [-0.4, -0.2) is 16.7 Å². The molecule has 182 valence electrons. The summed E-state index contributed by atoms with van der Waals surface area (Å²) < 4.78 is 0. The summed E-state index contributed by atoms with van der Waals surface area (Å²) in [5.74, 6) is -0.452. The van der Waals surface area contributed by atoms with Crippen molar-refractivity contribution < 1.29 is 9.90 Å². The Morgan fingerprint density at radius 1 is 0.972 bits per heavy atom. The molecule has 36 heavy (non-hydrogen) atoms. The molecule has 0 amide bonds. The lowest BCUT2D eigenvalue weighted by molar-refractivity contribution is -0.116. The van der Waals surface area contributed by atoms with Crippen molar-refractivity contribution in [1.29, 1.82) is 5.41 Å². The molecule has 0 saturated carbocycles. The van der Waals surface area contributed by atoms with Gasteiger partial charge in [-0.25, -0.2) is 0 Å². The average Bonchev–Trinajstić information content (AvgIpc) is 2.86. The third-order valence-corrected chi connectivity index (χ3v) is 7.61. The number of amidine groups is 1. The lowest BCUT2D eigenvalue weighted by atomic mass is 9.73. The Kier molecular flexibility index (Phi) is 6.50. The second kappa shape index (κ2) is 9.61. The number of aliphatic hydroxyl groups excluding tert-OH is 1. The van der Waals surface area contributed by atoms with E-state index in [-0.39, 0.29) is 17.4 Å². The van der Waals surface area contributed by atoms with Crippen LogP contribution >= 0.6 is 23.2 Å². The predicted octanol–water partition coefficient (Wildman–Crippen LogP) is 8.17. The number of halogens is 2. The molecule has 0 bridgehead atoms. The van der Waals surface area contributed by atoms with Gasteiger partial charge in [-0.05, 0) is 62.1 Å². The Balaban J connectivity index is 1.82. The number of benzene rings is 3. The van der Waals surface area contributed by atoms with Crippen LogP contribution in [0.5, 0.6) is 0 Å². The monoisotopic (exact) mass is 516 g/mol. The fraction of sp³-hybridized carbons (Fsp3) is 0.200. The second-order valence-corrected chi connectivity index (χ2v) is 10.2. The number of carbonyl (C=O) groups excluding carboxylic acids is 1. The fourth-order valence-corrected chi connectivity index (χ4v) is 5.35. The zero-order valence-corrected chi connectivity index (χ0v) is 21.6. The summed E-state index contributed by atoms with van der Waals surface area (Å²) >= 11 is 12.7. The van der Waals surface area contributed by atoms with E-state index < -0.39 is 5.92 Å². The van der Waals surface area contributed by atoms with E-state index in [1.807, 2.05) is 68.4 Å². The van der Waals surface area contributed by atoms with Crippen molar-refractivity contribution in [2.45, 2.75) is 39.0 Å². The molecule has 1 aliphatic heterocycles. The van der Waals surface area contributed by atoms with Gasteiger partial charge in [0.05, 0.1) is 0 Å². The number of Topliss-reactive ketones (excluding diaryl/α,β-unsaturated/α-hetero) is 1. The van der Waals surface area contributed by atoms with Gasteiger partial charge in [-0.3, -0.25) is 15.1 Å². The molecule has 0 aromatic heterocycles. The lowest BCUT2D eigenvalue weighted by Crippen LogP contribution is -2.42. The van der Waals surface area contributed by atoms with Crippen LogP contribution in [-0.2, 0) is 4.79 Å². The molecule has 6 heteroatoms. The number of aryl methyl sites for hydroxylation is 2. The van der Waals surface area contributed by atoms with Crippen LogP contribution in [0.25, 0.3) is 5.76 Å². The van der Waals surface area contributed by atoms with E-state index >= 15 is 0 Å². The molecular formula is C30H26Cl2N2O2. The highest BCUT2D eigenvalue weighted by Gasteiger charge is 2.43. The number of allylic oxidation sites excluding steroid dienone is 2. The maximum absolute atomic E-state index is 13.5. The SMILES string of the molecule is Cc1ccc(/C(O)=C2\C(=N)N(c3ccc(C)c(Cl)c3)C3=C(C(=O)CCC3)C2c2ccc(Cl)cc2)cc1. The number of carbonyl (C=O) groups is 1. The van der Waals surface area contributed by atoms with Crippen molar-refractivity contribution in [2.24, 2.45) is 0 Å². The largest absolute Gasteiger partial charge is 0.507 e. The molecule has 1 aliphatic carbocycles. The number of anilines is 1. The predicted molar refractivity (Wildman–Crippen MR) is 147 cm³/mol. The first-order valence-electron chi connectivity index (χ1n) is 11.9. The molecular weight excluding hydrogens is 491 g/mol. The van der Waals surface area contributed by atoms with Gasteiger partial charge in [-0.15, -0.1) is 0 Å². The number of nitrogens with zero attached hydrogens (tertiary/aromatic N) is 1. The summed E-state index contributed by atoms with van der Waals surface area (Å²) in [6.45, 7) is 3.90. The van der Waals surface area contributed by atoms with E-state index in [0.717, 1.165) is 22.4 Å². The molecule has 0 radical (unpaired) electrons. The summed E-state index contributed by atoms with van der Waals surface area (Å²) in [7, 11) is 0. The molecule has 0 fully saturated rings. The van der Waals surface area contributed by atoms with Crippen molar-refractivity contribution in [3.05, 3.63) is 116 Å². The smallest absolute Gasteiger partial charge is 0.161 e. The van der Waals surface area contributed by atoms with Crippen molar-refractivity contribution in [1.82, 2.24) is 0 Å². The van der Waals surface area contributed by atoms with Crippen molar-refractivity contribution in [2.75, 3.05) is 4.90 Å². The van der Waals surface area contributed by atoms with Crippen LogP contribution in [0.4, 0.5) is 5.69 Å². The summed E-state index contributed by atoms with van der Waals surface area (Å²) in [5.41, 5.74) is 5.87. The van der Waals surface area contributed by atoms with Crippen molar-refractivity contribution in [3.8, 4) is 0 Å². The van der Waals surface area contributed by atoms with Gasteiger partial charge in [-0.2, -0.15) is 0 Å². The van der Waals surface area contributed by atoms with Gasteiger partial charge in [0.15, 0.2) is 5.78 Å². The van der Waals surface area contributed by atoms with Gasteiger partial charge in [-0.1, -0.05) is 71.2 Å². The van der Waals surface area contributed by atoms with Gasteiger partial charge in [0.25, 0.3) is 0 Å². The van der Waals surface area contributed by atoms with Gasteiger partial charge in [0.1, 0.15) is 11.6 Å². The Morgan fingerprint density at radius 2 is 1.67 bits per heavy atom. The minimum absolute atomic E-state index is 0.0203. The minimum Gasteiger partial charge on any atom is -0.507 e. The second-order valence-electron chi connectivity index (χ2n) is 9.37. The molecule has 2 aliphatic rings. The van der Waals surface area contributed by atoms with Gasteiger partial charge in [0.2, 0.25) is 0 Å². The molecule has 0 spiro atoms. The number of hydrogen-bond donors (Lipinski definition) is 2. The molecule has 4 nitrogen and oxygen atoms in total. The fourth-order valence-electron chi connectivity index (χ4n) is 5.05. The highest BCUT2D eigenvalue weighted by Crippen LogP contribution is 2.48. The zero-order valence-electron chi connectivity index (χ0n) is 20.1. The van der Waals surface area contributed by atoms with Gasteiger partial charge < -0.3 is 5.11 Å². The zero-order chi connectivity index (χ0) is 25.6. The Hall–Kier alpha value is -3.34. The number of hydrogen-bond acceptors (Lipinski definition) is 3. The number of aliphatic hydroxyl groups is 1. The van der Waals surface area contributed by atoms with E-state index in [2.05, 4.69) is 0 Å². The highest BCUT2D eigenvalue weighted by molar-refractivity contribution is 6.32. The molecule has 1 unspecified atom stereocenters. The van der Waals surface area contributed by atoms with Crippen molar-refractivity contribution >= 4 is 46.3 Å². The summed E-state index contributed by atoms with van der Waals surface area (Å²) in [5, 5.41) is 22.2. The maximum atomic E-state index is 13.5. The molecule has 3 aromatic carbocycles. The molecule has 1 atom stereocenters. The first kappa shape index (κ1) is 24.4. The molecule has 1 heterocycles. The quantitative estimate of drug-likeness (QED) is 0.345. The Bertz CT molecular complexity index is 1440.